The van der Waals surface area contributed by atoms with Crippen molar-refractivity contribution in [2.75, 3.05) is 6.54 Å². The molecule has 0 atom stereocenters. The molecule has 0 aromatic carbocycles. The van der Waals surface area contributed by atoms with Crippen LogP contribution < -0.4 is 5.32 Å². The predicted molar refractivity (Wildman–Crippen MR) is 68.9 cm³/mol. The van der Waals surface area contributed by atoms with Gasteiger partial charge in [0.05, 0.1) is 5.54 Å². The van der Waals surface area contributed by atoms with Crippen LogP contribution >= 0.6 is 0 Å². The van der Waals surface area contributed by atoms with E-state index in [-0.39, 0.29) is 5.54 Å². The van der Waals surface area contributed by atoms with Crippen LogP contribution in [0.2, 0.25) is 0 Å². The molecule has 96 valence electrons. The van der Waals surface area contributed by atoms with Crippen molar-refractivity contribution >= 4 is 0 Å². The molecule has 0 saturated heterocycles. The van der Waals surface area contributed by atoms with Gasteiger partial charge in [0.15, 0.2) is 5.82 Å². The minimum atomic E-state index is -0.141. The van der Waals surface area contributed by atoms with Crippen molar-refractivity contribution in [1.82, 2.24) is 20.5 Å². The molecule has 1 aromatic heterocycles. The van der Waals surface area contributed by atoms with Crippen LogP contribution in [0.1, 0.15) is 70.4 Å². The number of aromatic nitrogens is 3. The Morgan fingerprint density at radius 2 is 2.00 bits per heavy atom. The van der Waals surface area contributed by atoms with Gasteiger partial charge in [-0.05, 0) is 33.2 Å². The lowest BCUT2D eigenvalue weighted by molar-refractivity contribution is 0.390. The molecule has 0 spiro atoms. The monoisotopic (exact) mass is 236 g/mol. The van der Waals surface area contributed by atoms with Gasteiger partial charge in [-0.1, -0.05) is 26.2 Å². The average Bonchev–Trinajstić information content (AvgIpc) is 2.80. The van der Waals surface area contributed by atoms with Gasteiger partial charge in [-0.25, -0.2) is 4.98 Å². The number of hydrogen-bond donors (Lipinski definition) is 2. The zero-order chi connectivity index (χ0) is 12.3. The molecular formula is C13H24N4. The van der Waals surface area contributed by atoms with Crippen LogP contribution in [0.5, 0.6) is 0 Å². The molecule has 0 aliphatic heterocycles. The van der Waals surface area contributed by atoms with Crippen molar-refractivity contribution in [2.45, 2.75) is 64.3 Å². The molecule has 4 heteroatoms. The fourth-order valence-corrected chi connectivity index (χ4v) is 2.63. The summed E-state index contributed by atoms with van der Waals surface area (Å²) in [6.45, 7) is 7.30. The fraction of sp³-hybridized carbons (Fsp3) is 0.846. The third kappa shape index (κ3) is 2.86. The van der Waals surface area contributed by atoms with Gasteiger partial charge in [-0.3, -0.25) is 5.10 Å². The fourth-order valence-electron chi connectivity index (χ4n) is 2.63. The Hall–Kier alpha value is -0.900. The highest BCUT2D eigenvalue weighted by molar-refractivity contribution is 5.06. The molecule has 1 heterocycles. The molecule has 1 aromatic rings. The van der Waals surface area contributed by atoms with Gasteiger partial charge in [0.2, 0.25) is 0 Å². The first-order valence-corrected chi connectivity index (χ1v) is 6.81. The zero-order valence-electron chi connectivity index (χ0n) is 11.2. The van der Waals surface area contributed by atoms with E-state index in [1.807, 2.05) is 0 Å². The lowest BCUT2D eigenvalue weighted by Gasteiger charge is -2.22. The Morgan fingerprint density at radius 3 is 2.65 bits per heavy atom. The summed E-state index contributed by atoms with van der Waals surface area (Å²) >= 11 is 0. The van der Waals surface area contributed by atoms with Crippen molar-refractivity contribution in [3.05, 3.63) is 11.6 Å². The highest BCUT2D eigenvalue weighted by Crippen LogP contribution is 2.31. The van der Waals surface area contributed by atoms with E-state index in [1.165, 1.54) is 32.1 Å². The molecule has 2 rings (SSSR count). The van der Waals surface area contributed by atoms with E-state index in [9.17, 15) is 0 Å². The largest absolute Gasteiger partial charge is 0.305 e. The van der Waals surface area contributed by atoms with Crippen LogP contribution in [-0.4, -0.2) is 21.7 Å². The smallest absolute Gasteiger partial charge is 0.170 e. The van der Waals surface area contributed by atoms with Crippen molar-refractivity contribution < 1.29 is 0 Å². The summed E-state index contributed by atoms with van der Waals surface area (Å²) in [5, 5.41) is 10.9. The maximum absolute atomic E-state index is 4.70. The molecule has 1 saturated carbocycles. The molecular weight excluding hydrogens is 212 g/mol. The van der Waals surface area contributed by atoms with Crippen LogP contribution in [0.3, 0.4) is 0 Å². The number of hydrogen-bond acceptors (Lipinski definition) is 3. The van der Waals surface area contributed by atoms with Gasteiger partial charge < -0.3 is 5.32 Å². The third-order valence-electron chi connectivity index (χ3n) is 3.67. The van der Waals surface area contributed by atoms with Gasteiger partial charge in [0.25, 0.3) is 0 Å². The molecule has 0 bridgehead atoms. The van der Waals surface area contributed by atoms with Crippen molar-refractivity contribution in [2.24, 2.45) is 0 Å². The molecule has 1 aliphatic rings. The second-order valence-corrected chi connectivity index (χ2v) is 5.53. The average molecular weight is 236 g/mol. The molecule has 2 N–H and O–H groups in total. The SMILES string of the molecule is CCNC(C)(C)c1n[nH]c(C2CCCCC2)n1. The van der Waals surface area contributed by atoms with E-state index in [0.717, 1.165) is 18.2 Å². The molecule has 17 heavy (non-hydrogen) atoms. The van der Waals surface area contributed by atoms with Crippen LogP contribution in [0.15, 0.2) is 0 Å². The van der Waals surface area contributed by atoms with Gasteiger partial charge in [0.1, 0.15) is 5.82 Å². The summed E-state index contributed by atoms with van der Waals surface area (Å²) in [7, 11) is 0. The lowest BCUT2D eigenvalue weighted by atomic mass is 9.89. The first kappa shape index (κ1) is 12.6. The Morgan fingerprint density at radius 1 is 1.29 bits per heavy atom. The van der Waals surface area contributed by atoms with Gasteiger partial charge in [-0.15, -0.1) is 0 Å². The van der Waals surface area contributed by atoms with Gasteiger partial charge in [-0.2, -0.15) is 5.10 Å². The van der Waals surface area contributed by atoms with Gasteiger partial charge in [0, 0.05) is 5.92 Å². The minimum absolute atomic E-state index is 0.141. The van der Waals surface area contributed by atoms with Crippen LogP contribution in [0, 0.1) is 0 Å². The minimum Gasteiger partial charge on any atom is -0.305 e. The number of nitrogens with zero attached hydrogens (tertiary/aromatic N) is 2. The molecule has 1 aliphatic carbocycles. The summed E-state index contributed by atoms with van der Waals surface area (Å²) in [4.78, 5) is 4.70. The standard InChI is InChI=1S/C13H24N4/c1-4-14-13(2,3)12-15-11(16-17-12)10-8-6-5-7-9-10/h10,14H,4-9H2,1-3H3,(H,15,16,17). The topological polar surface area (TPSA) is 53.6 Å². The molecule has 1 fully saturated rings. The molecule has 0 radical (unpaired) electrons. The van der Waals surface area contributed by atoms with Crippen LogP contribution in [0.4, 0.5) is 0 Å². The second kappa shape index (κ2) is 5.17. The van der Waals surface area contributed by atoms with Crippen molar-refractivity contribution in [3.63, 3.8) is 0 Å². The summed E-state index contributed by atoms with van der Waals surface area (Å²) in [5.74, 6) is 2.58. The molecule has 4 nitrogen and oxygen atoms in total. The van der Waals surface area contributed by atoms with E-state index in [2.05, 4.69) is 36.3 Å². The highest BCUT2D eigenvalue weighted by Gasteiger charge is 2.26. The molecule has 0 unspecified atom stereocenters. The number of H-pyrrole nitrogens is 1. The van der Waals surface area contributed by atoms with E-state index in [4.69, 9.17) is 4.98 Å². The van der Waals surface area contributed by atoms with E-state index >= 15 is 0 Å². The first-order chi connectivity index (χ1) is 8.13. The first-order valence-electron chi connectivity index (χ1n) is 6.81. The summed E-state index contributed by atoms with van der Waals surface area (Å²) in [6.07, 6.45) is 6.56. The predicted octanol–water partition coefficient (Wildman–Crippen LogP) is 2.70. The number of aromatic amines is 1. The maximum Gasteiger partial charge on any atom is 0.170 e. The van der Waals surface area contributed by atoms with E-state index in [1.54, 1.807) is 0 Å². The van der Waals surface area contributed by atoms with Crippen molar-refractivity contribution in [3.8, 4) is 0 Å². The Kier molecular flexibility index (Phi) is 3.82. The van der Waals surface area contributed by atoms with Gasteiger partial charge >= 0.3 is 0 Å². The highest BCUT2D eigenvalue weighted by atomic mass is 15.2. The van der Waals surface area contributed by atoms with Crippen LogP contribution in [0.25, 0.3) is 0 Å². The molecule has 0 amide bonds. The van der Waals surface area contributed by atoms with E-state index < -0.39 is 0 Å². The Bertz CT molecular complexity index is 350. The Labute approximate surface area is 104 Å². The van der Waals surface area contributed by atoms with E-state index in [0.29, 0.717) is 5.92 Å². The summed E-state index contributed by atoms with van der Waals surface area (Å²) in [6, 6.07) is 0. The summed E-state index contributed by atoms with van der Waals surface area (Å²) in [5.41, 5.74) is -0.141. The maximum atomic E-state index is 4.70. The lowest BCUT2D eigenvalue weighted by Crippen LogP contribution is -2.37. The second-order valence-electron chi connectivity index (χ2n) is 5.53. The number of nitrogens with one attached hydrogen (secondary N) is 2. The Balaban J connectivity index is 2.09. The third-order valence-corrected chi connectivity index (χ3v) is 3.67. The van der Waals surface area contributed by atoms with Crippen LogP contribution in [-0.2, 0) is 5.54 Å². The number of rotatable bonds is 4. The quantitative estimate of drug-likeness (QED) is 0.845. The summed E-state index contributed by atoms with van der Waals surface area (Å²) < 4.78 is 0. The zero-order valence-corrected chi connectivity index (χ0v) is 11.2. The normalized spacial score (nSPS) is 18.5. The van der Waals surface area contributed by atoms with Crippen molar-refractivity contribution in [1.29, 1.82) is 0 Å².